The molecule has 2 aromatic rings. The van der Waals surface area contributed by atoms with Gasteiger partial charge in [0.05, 0.1) is 19.3 Å². The van der Waals surface area contributed by atoms with Crippen molar-refractivity contribution in [1.82, 2.24) is 9.97 Å². The van der Waals surface area contributed by atoms with E-state index in [-0.39, 0.29) is 0 Å². The summed E-state index contributed by atoms with van der Waals surface area (Å²) in [5, 5.41) is 3.28. The minimum Gasteiger partial charge on any atom is -0.495 e. The SMILES string of the molecule is COc1cc(C)ccc1NCc1ncc[nH]1. The number of benzene rings is 1. The fourth-order valence-electron chi connectivity index (χ4n) is 1.52. The molecule has 0 radical (unpaired) electrons. The van der Waals surface area contributed by atoms with Gasteiger partial charge in [-0.15, -0.1) is 0 Å². The average molecular weight is 217 g/mol. The highest BCUT2D eigenvalue weighted by Crippen LogP contribution is 2.25. The molecule has 4 nitrogen and oxygen atoms in total. The Morgan fingerprint density at radius 3 is 3.00 bits per heavy atom. The topological polar surface area (TPSA) is 49.9 Å². The number of nitrogens with zero attached hydrogens (tertiary/aromatic N) is 1. The summed E-state index contributed by atoms with van der Waals surface area (Å²) in [4.78, 5) is 7.19. The zero-order valence-corrected chi connectivity index (χ0v) is 9.45. The molecule has 1 heterocycles. The van der Waals surface area contributed by atoms with Crippen LogP contribution in [0.3, 0.4) is 0 Å². The van der Waals surface area contributed by atoms with Crippen molar-refractivity contribution in [2.24, 2.45) is 0 Å². The summed E-state index contributed by atoms with van der Waals surface area (Å²) in [6, 6.07) is 6.06. The Hall–Kier alpha value is -1.97. The number of methoxy groups -OCH3 is 1. The molecule has 0 saturated carbocycles. The van der Waals surface area contributed by atoms with Gasteiger partial charge in [-0.05, 0) is 24.6 Å². The Kier molecular flexibility index (Phi) is 3.10. The number of hydrogen-bond donors (Lipinski definition) is 2. The van der Waals surface area contributed by atoms with E-state index in [9.17, 15) is 0 Å². The molecule has 0 spiro atoms. The van der Waals surface area contributed by atoms with Crippen LogP contribution in [0, 0.1) is 6.92 Å². The highest BCUT2D eigenvalue weighted by molar-refractivity contribution is 5.57. The number of nitrogens with one attached hydrogen (secondary N) is 2. The second-order valence-electron chi connectivity index (χ2n) is 3.59. The highest BCUT2D eigenvalue weighted by atomic mass is 16.5. The van der Waals surface area contributed by atoms with E-state index < -0.39 is 0 Å². The fourth-order valence-corrected chi connectivity index (χ4v) is 1.52. The molecule has 0 fully saturated rings. The molecule has 1 aromatic carbocycles. The Labute approximate surface area is 94.7 Å². The molecule has 0 amide bonds. The zero-order chi connectivity index (χ0) is 11.4. The van der Waals surface area contributed by atoms with Crippen molar-refractivity contribution in [1.29, 1.82) is 0 Å². The first-order valence-electron chi connectivity index (χ1n) is 5.16. The smallest absolute Gasteiger partial charge is 0.142 e. The van der Waals surface area contributed by atoms with E-state index in [1.54, 1.807) is 13.3 Å². The summed E-state index contributed by atoms with van der Waals surface area (Å²) in [5.74, 6) is 1.76. The summed E-state index contributed by atoms with van der Waals surface area (Å²) in [5.41, 5.74) is 2.16. The van der Waals surface area contributed by atoms with Crippen LogP contribution in [0.25, 0.3) is 0 Å². The van der Waals surface area contributed by atoms with E-state index in [2.05, 4.69) is 15.3 Å². The molecule has 2 N–H and O–H groups in total. The normalized spacial score (nSPS) is 10.1. The van der Waals surface area contributed by atoms with Crippen LogP contribution in [0.4, 0.5) is 5.69 Å². The van der Waals surface area contributed by atoms with E-state index in [4.69, 9.17) is 4.74 Å². The van der Waals surface area contributed by atoms with Crippen LogP contribution in [-0.2, 0) is 6.54 Å². The number of aromatic nitrogens is 2. The second kappa shape index (κ2) is 4.70. The van der Waals surface area contributed by atoms with Gasteiger partial charge in [-0.2, -0.15) is 0 Å². The van der Waals surface area contributed by atoms with Crippen LogP contribution in [0.5, 0.6) is 5.75 Å². The van der Waals surface area contributed by atoms with Gasteiger partial charge in [0.1, 0.15) is 11.6 Å². The Bertz CT molecular complexity index is 451. The summed E-state index contributed by atoms with van der Waals surface area (Å²) < 4.78 is 5.30. The quantitative estimate of drug-likeness (QED) is 0.826. The summed E-state index contributed by atoms with van der Waals surface area (Å²) in [6.45, 7) is 2.70. The van der Waals surface area contributed by atoms with Crippen molar-refractivity contribution in [3.63, 3.8) is 0 Å². The van der Waals surface area contributed by atoms with E-state index in [0.29, 0.717) is 6.54 Å². The summed E-state index contributed by atoms with van der Waals surface area (Å²) >= 11 is 0. The maximum atomic E-state index is 5.30. The first-order valence-corrected chi connectivity index (χ1v) is 5.16. The Morgan fingerprint density at radius 2 is 2.31 bits per heavy atom. The number of aromatic amines is 1. The van der Waals surface area contributed by atoms with Crippen LogP contribution in [0.2, 0.25) is 0 Å². The fraction of sp³-hybridized carbons (Fsp3) is 0.250. The number of hydrogen-bond acceptors (Lipinski definition) is 3. The van der Waals surface area contributed by atoms with E-state index >= 15 is 0 Å². The van der Waals surface area contributed by atoms with Crippen molar-refractivity contribution in [3.05, 3.63) is 42.0 Å². The first-order chi connectivity index (χ1) is 7.79. The van der Waals surface area contributed by atoms with Gasteiger partial charge in [0, 0.05) is 12.4 Å². The summed E-state index contributed by atoms with van der Waals surface area (Å²) in [7, 11) is 1.67. The summed E-state index contributed by atoms with van der Waals surface area (Å²) in [6.07, 6.45) is 3.55. The predicted octanol–water partition coefficient (Wildman–Crippen LogP) is 2.34. The molecular formula is C12H15N3O. The predicted molar refractivity (Wildman–Crippen MR) is 63.6 cm³/mol. The third kappa shape index (κ3) is 2.34. The zero-order valence-electron chi connectivity index (χ0n) is 9.45. The van der Waals surface area contributed by atoms with Crippen molar-refractivity contribution in [3.8, 4) is 5.75 Å². The van der Waals surface area contributed by atoms with Crippen LogP contribution in [0.1, 0.15) is 11.4 Å². The molecule has 16 heavy (non-hydrogen) atoms. The van der Waals surface area contributed by atoms with E-state index in [0.717, 1.165) is 17.3 Å². The number of rotatable bonds is 4. The minimum absolute atomic E-state index is 0.659. The van der Waals surface area contributed by atoms with Crippen molar-refractivity contribution >= 4 is 5.69 Å². The van der Waals surface area contributed by atoms with Gasteiger partial charge in [0.15, 0.2) is 0 Å². The largest absolute Gasteiger partial charge is 0.495 e. The molecule has 0 aliphatic rings. The molecule has 1 aromatic heterocycles. The maximum Gasteiger partial charge on any atom is 0.142 e. The Balaban J connectivity index is 2.09. The molecule has 2 rings (SSSR count). The molecular weight excluding hydrogens is 202 g/mol. The average Bonchev–Trinajstić information content (AvgIpc) is 2.80. The molecule has 84 valence electrons. The van der Waals surface area contributed by atoms with Gasteiger partial charge in [-0.3, -0.25) is 0 Å². The van der Waals surface area contributed by atoms with Gasteiger partial charge in [0.2, 0.25) is 0 Å². The van der Waals surface area contributed by atoms with Gasteiger partial charge in [0.25, 0.3) is 0 Å². The highest BCUT2D eigenvalue weighted by Gasteiger charge is 2.03. The molecule has 0 atom stereocenters. The lowest BCUT2D eigenvalue weighted by molar-refractivity contribution is 0.416. The third-order valence-electron chi connectivity index (χ3n) is 2.36. The van der Waals surface area contributed by atoms with E-state index in [1.165, 1.54) is 5.56 Å². The lowest BCUT2D eigenvalue weighted by atomic mass is 10.2. The molecule has 0 aliphatic carbocycles. The van der Waals surface area contributed by atoms with Crippen LogP contribution in [0.15, 0.2) is 30.6 Å². The Morgan fingerprint density at radius 1 is 1.44 bits per heavy atom. The molecule has 0 saturated heterocycles. The number of aryl methyl sites for hydroxylation is 1. The van der Waals surface area contributed by atoms with Gasteiger partial charge in [-0.1, -0.05) is 6.07 Å². The van der Waals surface area contributed by atoms with Gasteiger partial charge >= 0.3 is 0 Å². The van der Waals surface area contributed by atoms with Crippen molar-refractivity contribution < 1.29 is 4.74 Å². The number of ether oxygens (including phenoxy) is 1. The van der Waals surface area contributed by atoms with Crippen molar-refractivity contribution in [2.45, 2.75) is 13.5 Å². The minimum atomic E-state index is 0.659. The number of anilines is 1. The second-order valence-corrected chi connectivity index (χ2v) is 3.59. The lowest BCUT2D eigenvalue weighted by Crippen LogP contribution is -2.02. The van der Waals surface area contributed by atoms with E-state index in [1.807, 2.05) is 31.3 Å². The van der Waals surface area contributed by atoms with Crippen LogP contribution in [-0.4, -0.2) is 17.1 Å². The molecule has 4 heteroatoms. The molecule has 0 bridgehead atoms. The third-order valence-corrected chi connectivity index (χ3v) is 2.36. The van der Waals surface area contributed by atoms with Gasteiger partial charge < -0.3 is 15.0 Å². The lowest BCUT2D eigenvalue weighted by Gasteiger charge is -2.10. The van der Waals surface area contributed by atoms with Gasteiger partial charge in [-0.25, -0.2) is 4.98 Å². The molecule has 0 unspecified atom stereocenters. The molecule has 0 aliphatic heterocycles. The number of H-pyrrole nitrogens is 1. The van der Waals surface area contributed by atoms with Crippen LogP contribution < -0.4 is 10.1 Å². The number of imidazole rings is 1. The van der Waals surface area contributed by atoms with Crippen LogP contribution >= 0.6 is 0 Å². The van der Waals surface area contributed by atoms with Crippen molar-refractivity contribution in [2.75, 3.05) is 12.4 Å². The standard InChI is InChI=1S/C12H15N3O/c1-9-3-4-10(11(7-9)16-2)15-8-12-13-5-6-14-12/h3-7,15H,8H2,1-2H3,(H,13,14). The monoisotopic (exact) mass is 217 g/mol. The maximum absolute atomic E-state index is 5.30. The first kappa shape index (κ1) is 10.5.